The summed E-state index contributed by atoms with van der Waals surface area (Å²) in [5.41, 5.74) is 2.72. The number of carbonyl (C=O) groups is 2. The molecular formula is C22H22N6O3. The number of hydrogen-bond donors (Lipinski definition) is 2. The SMILES string of the molecule is Cn1c(=O)n(CC(=O)NCc2cccc(NC(=O)Cn3cccn3)c2)c2ccccc21. The van der Waals surface area contributed by atoms with E-state index >= 15 is 0 Å². The molecule has 0 aliphatic carbocycles. The first-order valence-electron chi connectivity index (χ1n) is 9.78. The van der Waals surface area contributed by atoms with Crippen molar-refractivity contribution in [2.24, 2.45) is 7.05 Å². The molecule has 0 aliphatic heterocycles. The van der Waals surface area contributed by atoms with Gasteiger partial charge in [-0.05, 0) is 35.9 Å². The molecule has 0 unspecified atom stereocenters. The van der Waals surface area contributed by atoms with E-state index < -0.39 is 0 Å². The van der Waals surface area contributed by atoms with Crippen LogP contribution < -0.4 is 16.3 Å². The zero-order valence-electron chi connectivity index (χ0n) is 17.0. The fourth-order valence-corrected chi connectivity index (χ4v) is 3.42. The lowest BCUT2D eigenvalue weighted by Gasteiger charge is -2.09. The molecule has 31 heavy (non-hydrogen) atoms. The molecule has 0 saturated carbocycles. The Hall–Kier alpha value is -4.14. The van der Waals surface area contributed by atoms with Crippen LogP contribution in [-0.2, 0) is 36.3 Å². The van der Waals surface area contributed by atoms with Crippen LogP contribution in [0.3, 0.4) is 0 Å². The molecule has 2 aromatic carbocycles. The van der Waals surface area contributed by atoms with Crippen LogP contribution in [0.5, 0.6) is 0 Å². The van der Waals surface area contributed by atoms with Crippen molar-refractivity contribution in [2.45, 2.75) is 19.6 Å². The van der Waals surface area contributed by atoms with Crippen LogP contribution in [-0.4, -0.2) is 30.7 Å². The number of imidazole rings is 1. The molecule has 4 aromatic rings. The maximum Gasteiger partial charge on any atom is 0.329 e. The summed E-state index contributed by atoms with van der Waals surface area (Å²) in [6.45, 7) is 0.329. The normalized spacial score (nSPS) is 10.9. The molecule has 0 radical (unpaired) electrons. The Morgan fingerprint density at radius 1 is 0.968 bits per heavy atom. The van der Waals surface area contributed by atoms with Crippen molar-refractivity contribution in [3.05, 3.63) is 83.0 Å². The molecule has 2 heterocycles. The summed E-state index contributed by atoms with van der Waals surface area (Å²) in [6.07, 6.45) is 3.33. The van der Waals surface area contributed by atoms with Crippen LogP contribution in [0, 0.1) is 0 Å². The zero-order chi connectivity index (χ0) is 21.8. The van der Waals surface area contributed by atoms with Crippen molar-refractivity contribution in [3.63, 3.8) is 0 Å². The number of para-hydroxylation sites is 2. The molecular weight excluding hydrogens is 396 g/mol. The minimum Gasteiger partial charge on any atom is -0.350 e. The smallest absolute Gasteiger partial charge is 0.329 e. The monoisotopic (exact) mass is 418 g/mol. The summed E-state index contributed by atoms with van der Waals surface area (Å²) in [5, 5.41) is 9.66. The highest BCUT2D eigenvalue weighted by molar-refractivity contribution is 5.90. The van der Waals surface area contributed by atoms with Gasteiger partial charge in [0.15, 0.2) is 0 Å². The summed E-state index contributed by atoms with van der Waals surface area (Å²) in [7, 11) is 1.69. The first kappa shape index (κ1) is 20.1. The van der Waals surface area contributed by atoms with Gasteiger partial charge in [0.2, 0.25) is 11.8 Å². The Balaban J connectivity index is 1.37. The van der Waals surface area contributed by atoms with E-state index in [1.807, 2.05) is 30.3 Å². The number of benzene rings is 2. The van der Waals surface area contributed by atoms with Gasteiger partial charge in [-0.15, -0.1) is 0 Å². The minimum atomic E-state index is -0.272. The third-order valence-electron chi connectivity index (χ3n) is 4.92. The number of amides is 2. The van der Waals surface area contributed by atoms with Crippen LogP contribution in [0.25, 0.3) is 11.0 Å². The van der Waals surface area contributed by atoms with E-state index in [1.54, 1.807) is 43.7 Å². The average molecular weight is 418 g/mol. The lowest BCUT2D eigenvalue weighted by Crippen LogP contribution is -2.32. The number of hydrogen-bond acceptors (Lipinski definition) is 4. The molecule has 0 atom stereocenters. The van der Waals surface area contributed by atoms with E-state index in [2.05, 4.69) is 15.7 Å². The van der Waals surface area contributed by atoms with Gasteiger partial charge in [-0.25, -0.2) is 4.79 Å². The van der Waals surface area contributed by atoms with Crippen LogP contribution >= 0.6 is 0 Å². The Morgan fingerprint density at radius 2 is 1.77 bits per heavy atom. The van der Waals surface area contributed by atoms with Crippen molar-refractivity contribution in [1.29, 1.82) is 0 Å². The van der Waals surface area contributed by atoms with Gasteiger partial charge in [-0.3, -0.25) is 23.4 Å². The van der Waals surface area contributed by atoms with Crippen molar-refractivity contribution in [3.8, 4) is 0 Å². The molecule has 9 heteroatoms. The Bertz CT molecular complexity index is 1290. The number of nitrogens with zero attached hydrogens (tertiary/aromatic N) is 4. The van der Waals surface area contributed by atoms with E-state index in [4.69, 9.17) is 0 Å². The molecule has 2 N–H and O–H groups in total. The van der Waals surface area contributed by atoms with Crippen molar-refractivity contribution in [2.75, 3.05) is 5.32 Å². The molecule has 9 nitrogen and oxygen atoms in total. The van der Waals surface area contributed by atoms with E-state index in [0.29, 0.717) is 11.2 Å². The number of aryl methyl sites for hydroxylation is 1. The number of aromatic nitrogens is 4. The molecule has 0 bridgehead atoms. The van der Waals surface area contributed by atoms with E-state index in [9.17, 15) is 14.4 Å². The number of fused-ring (bicyclic) bond motifs is 1. The Kier molecular flexibility index (Phi) is 5.65. The van der Waals surface area contributed by atoms with Crippen LogP contribution in [0.15, 0.2) is 71.8 Å². The minimum absolute atomic E-state index is 0.0690. The molecule has 0 aliphatic rings. The number of rotatable bonds is 7. The number of carbonyl (C=O) groups excluding carboxylic acids is 2. The largest absolute Gasteiger partial charge is 0.350 e. The van der Waals surface area contributed by atoms with Gasteiger partial charge in [0, 0.05) is 31.7 Å². The maximum absolute atomic E-state index is 12.5. The summed E-state index contributed by atoms with van der Waals surface area (Å²) in [6, 6.07) is 16.3. The number of anilines is 1. The summed E-state index contributed by atoms with van der Waals surface area (Å²) < 4.78 is 4.52. The van der Waals surface area contributed by atoms with Gasteiger partial charge in [-0.1, -0.05) is 24.3 Å². The molecule has 158 valence electrons. The molecule has 2 aromatic heterocycles. The molecule has 2 amide bonds. The third kappa shape index (κ3) is 4.55. The Labute approximate surface area is 177 Å². The second-order valence-electron chi connectivity index (χ2n) is 7.15. The fourth-order valence-electron chi connectivity index (χ4n) is 3.42. The molecule has 0 saturated heterocycles. The van der Waals surface area contributed by atoms with Crippen molar-refractivity contribution in [1.82, 2.24) is 24.2 Å². The highest BCUT2D eigenvalue weighted by atomic mass is 16.2. The van der Waals surface area contributed by atoms with Gasteiger partial charge in [0.25, 0.3) is 0 Å². The second-order valence-corrected chi connectivity index (χ2v) is 7.15. The zero-order valence-corrected chi connectivity index (χ0v) is 17.0. The van der Waals surface area contributed by atoms with Gasteiger partial charge in [0.05, 0.1) is 11.0 Å². The highest BCUT2D eigenvalue weighted by Crippen LogP contribution is 2.12. The summed E-state index contributed by atoms with van der Waals surface area (Å²) >= 11 is 0. The molecule has 0 spiro atoms. The van der Waals surface area contributed by atoms with Crippen molar-refractivity contribution < 1.29 is 9.59 Å². The second kappa shape index (κ2) is 8.70. The molecule has 0 fully saturated rings. The van der Waals surface area contributed by atoms with Crippen LogP contribution in [0.4, 0.5) is 5.69 Å². The van der Waals surface area contributed by atoms with Gasteiger partial charge in [0.1, 0.15) is 13.1 Å². The van der Waals surface area contributed by atoms with Gasteiger partial charge < -0.3 is 10.6 Å². The molecule has 4 rings (SSSR count). The lowest BCUT2D eigenvalue weighted by molar-refractivity contribution is -0.121. The first-order chi connectivity index (χ1) is 15.0. The van der Waals surface area contributed by atoms with Gasteiger partial charge >= 0.3 is 5.69 Å². The summed E-state index contributed by atoms with van der Waals surface area (Å²) in [5.74, 6) is -0.466. The average Bonchev–Trinajstić information content (AvgIpc) is 3.35. The van der Waals surface area contributed by atoms with E-state index in [0.717, 1.165) is 11.1 Å². The summed E-state index contributed by atoms with van der Waals surface area (Å²) in [4.78, 5) is 37.1. The van der Waals surface area contributed by atoms with Crippen molar-refractivity contribution >= 4 is 28.5 Å². The standard InChI is InChI=1S/C22H22N6O3/c1-26-18-8-2-3-9-19(18)28(22(26)31)15-20(29)23-13-16-6-4-7-17(12-16)25-21(30)14-27-11-5-10-24-27/h2-12H,13-15H2,1H3,(H,23,29)(H,25,30). The van der Waals surface area contributed by atoms with Crippen LogP contribution in [0.2, 0.25) is 0 Å². The highest BCUT2D eigenvalue weighted by Gasteiger charge is 2.13. The van der Waals surface area contributed by atoms with Gasteiger partial charge in [-0.2, -0.15) is 5.10 Å². The predicted molar refractivity (Wildman–Crippen MR) is 116 cm³/mol. The first-order valence-corrected chi connectivity index (χ1v) is 9.78. The van der Waals surface area contributed by atoms with E-state index in [1.165, 1.54) is 13.8 Å². The quantitative estimate of drug-likeness (QED) is 0.475. The third-order valence-corrected chi connectivity index (χ3v) is 4.92. The fraction of sp³-hybridized carbons (Fsp3) is 0.182. The predicted octanol–water partition coefficient (Wildman–Crippen LogP) is 1.49. The maximum atomic E-state index is 12.5. The number of nitrogens with one attached hydrogen (secondary N) is 2. The topological polar surface area (TPSA) is 103 Å². The Morgan fingerprint density at radius 3 is 2.55 bits per heavy atom. The van der Waals surface area contributed by atoms with E-state index in [-0.39, 0.29) is 37.1 Å². The lowest BCUT2D eigenvalue weighted by atomic mass is 10.2. The van der Waals surface area contributed by atoms with Crippen LogP contribution in [0.1, 0.15) is 5.56 Å².